The molecule has 1 N–H and O–H groups in total. The van der Waals surface area contributed by atoms with Crippen molar-refractivity contribution < 1.29 is 0 Å². The first-order valence-electron chi connectivity index (χ1n) is 6.98. The van der Waals surface area contributed by atoms with Gasteiger partial charge in [0.1, 0.15) is 0 Å². The predicted molar refractivity (Wildman–Crippen MR) is 79.4 cm³/mol. The van der Waals surface area contributed by atoms with Crippen LogP contribution in [0, 0.1) is 13.8 Å². The molecular weight excluding hydrogens is 220 g/mol. The average molecular weight is 246 g/mol. The highest BCUT2D eigenvalue weighted by molar-refractivity contribution is 5.53. The number of aryl methyl sites for hydroxylation is 2. The summed E-state index contributed by atoms with van der Waals surface area (Å²) in [5, 5.41) is 3.62. The van der Waals surface area contributed by atoms with E-state index in [2.05, 4.69) is 63.0 Å². The topological polar surface area (TPSA) is 15.3 Å². The number of rotatable bonds is 1. The summed E-state index contributed by atoms with van der Waals surface area (Å²) in [6, 6.07) is 7.48. The lowest BCUT2D eigenvalue weighted by molar-refractivity contribution is 0.447. The van der Waals surface area contributed by atoms with E-state index in [-0.39, 0.29) is 5.54 Å². The third-order valence-corrected chi connectivity index (χ3v) is 3.92. The highest BCUT2D eigenvalue weighted by Crippen LogP contribution is 2.28. The molecule has 1 heterocycles. The Labute approximate surface area is 111 Å². The van der Waals surface area contributed by atoms with Crippen LogP contribution in [0.4, 0.5) is 5.69 Å². The van der Waals surface area contributed by atoms with E-state index >= 15 is 0 Å². The standard InChI is InChI=1S/C16H26N2/c1-12-8-13(2)10-15(9-12)18-7-6-14(3)17-11-16(18,4)5/h8-10,14,17H,6-7,11H2,1-5H3. The molecule has 0 aliphatic carbocycles. The van der Waals surface area contributed by atoms with E-state index < -0.39 is 0 Å². The molecule has 0 radical (unpaired) electrons. The van der Waals surface area contributed by atoms with E-state index in [9.17, 15) is 0 Å². The molecule has 1 aromatic carbocycles. The van der Waals surface area contributed by atoms with Crippen LogP contribution < -0.4 is 10.2 Å². The maximum absolute atomic E-state index is 3.62. The maximum Gasteiger partial charge on any atom is 0.0470 e. The first kappa shape index (κ1) is 13.4. The maximum atomic E-state index is 3.62. The molecule has 0 amide bonds. The number of benzene rings is 1. The van der Waals surface area contributed by atoms with Gasteiger partial charge in [-0.1, -0.05) is 6.07 Å². The van der Waals surface area contributed by atoms with Gasteiger partial charge < -0.3 is 10.2 Å². The lowest BCUT2D eigenvalue weighted by atomic mass is 10.0. The number of nitrogens with one attached hydrogen (secondary N) is 1. The fourth-order valence-corrected chi connectivity index (χ4v) is 2.83. The van der Waals surface area contributed by atoms with Gasteiger partial charge in [-0.3, -0.25) is 0 Å². The van der Waals surface area contributed by atoms with Gasteiger partial charge in [0.05, 0.1) is 0 Å². The van der Waals surface area contributed by atoms with Crippen LogP contribution in [0.5, 0.6) is 0 Å². The van der Waals surface area contributed by atoms with Gasteiger partial charge in [-0.25, -0.2) is 0 Å². The summed E-state index contributed by atoms with van der Waals surface area (Å²) in [6.45, 7) is 13.5. The van der Waals surface area contributed by atoms with Crippen molar-refractivity contribution in [1.29, 1.82) is 0 Å². The Balaban J connectivity index is 2.34. The Kier molecular flexibility index (Phi) is 3.67. The zero-order valence-electron chi connectivity index (χ0n) is 12.4. The molecule has 1 aromatic rings. The lowest BCUT2D eigenvalue weighted by Gasteiger charge is -2.39. The van der Waals surface area contributed by atoms with Gasteiger partial charge in [0.15, 0.2) is 0 Å². The van der Waals surface area contributed by atoms with Gasteiger partial charge in [0.2, 0.25) is 0 Å². The summed E-state index contributed by atoms with van der Waals surface area (Å²) in [6.07, 6.45) is 1.20. The van der Waals surface area contributed by atoms with Gasteiger partial charge in [-0.05, 0) is 64.3 Å². The van der Waals surface area contributed by atoms with Crippen molar-refractivity contribution in [3.05, 3.63) is 29.3 Å². The van der Waals surface area contributed by atoms with E-state index in [0.29, 0.717) is 6.04 Å². The summed E-state index contributed by atoms with van der Waals surface area (Å²) >= 11 is 0. The summed E-state index contributed by atoms with van der Waals surface area (Å²) in [7, 11) is 0. The van der Waals surface area contributed by atoms with Crippen molar-refractivity contribution in [1.82, 2.24) is 5.32 Å². The molecule has 1 saturated heterocycles. The fourth-order valence-electron chi connectivity index (χ4n) is 2.83. The Hall–Kier alpha value is -1.02. The van der Waals surface area contributed by atoms with E-state index in [4.69, 9.17) is 0 Å². The third-order valence-electron chi connectivity index (χ3n) is 3.92. The molecular formula is C16H26N2. The van der Waals surface area contributed by atoms with Crippen LogP contribution in [0.1, 0.15) is 38.3 Å². The second kappa shape index (κ2) is 4.93. The van der Waals surface area contributed by atoms with Crippen molar-refractivity contribution in [3.8, 4) is 0 Å². The normalized spacial score (nSPS) is 23.8. The molecule has 2 heteroatoms. The fraction of sp³-hybridized carbons (Fsp3) is 0.625. The Morgan fingerprint density at radius 3 is 2.39 bits per heavy atom. The molecule has 1 fully saturated rings. The summed E-state index contributed by atoms with van der Waals surface area (Å²) < 4.78 is 0. The van der Waals surface area contributed by atoms with Gasteiger partial charge in [-0.2, -0.15) is 0 Å². The molecule has 0 bridgehead atoms. The summed E-state index contributed by atoms with van der Waals surface area (Å²) in [5.74, 6) is 0. The van der Waals surface area contributed by atoms with Gasteiger partial charge in [0.25, 0.3) is 0 Å². The van der Waals surface area contributed by atoms with Crippen LogP contribution in [0.25, 0.3) is 0 Å². The first-order chi connectivity index (χ1) is 8.38. The first-order valence-corrected chi connectivity index (χ1v) is 6.98. The molecule has 0 saturated carbocycles. The van der Waals surface area contributed by atoms with E-state index in [1.54, 1.807) is 0 Å². The average Bonchev–Trinajstić information content (AvgIpc) is 2.37. The zero-order valence-corrected chi connectivity index (χ0v) is 12.4. The molecule has 100 valence electrons. The molecule has 2 rings (SSSR count). The van der Waals surface area contributed by atoms with Gasteiger partial charge in [0, 0.05) is 30.4 Å². The van der Waals surface area contributed by atoms with Crippen molar-refractivity contribution in [2.24, 2.45) is 0 Å². The quantitative estimate of drug-likeness (QED) is 0.818. The van der Waals surface area contributed by atoms with Crippen LogP contribution >= 0.6 is 0 Å². The zero-order chi connectivity index (χ0) is 13.3. The van der Waals surface area contributed by atoms with E-state index in [0.717, 1.165) is 13.1 Å². The van der Waals surface area contributed by atoms with Gasteiger partial charge >= 0.3 is 0 Å². The Morgan fingerprint density at radius 2 is 1.78 bits per heavy atom. The molecule has 1 aliphatic rings. The largest absolute Gasteiger partial charge is 0.365 e. The molecule has 1 atom stereocenters. The smallest absolute Gasteiger partial charge is 0.0470 e. The van der Waals surface area contributed by atoms with Crippen molar-refractivity contribution >= 4 is 5.69 Å². The lowest BCUT2D eigenvalue weighted by Crippen LogP contribution is -2.49. The predicted octanol–water partition coefficient (Wildman–Crippen LogP) is 3.27. The second-order valence-corrected chi connectivity index (χ2v) is 6.38. The molecule has 2 nitrogen and oxygen atoms in total. The van der Waals surface area contributed by atoms with Crippen molar-refractivity contribution in [2.45, 2.75) is 52.6 Å². The van der Waals surface area contributed by atoms with Crippen LogP contribution in [-0.4, -0.2) is 24.7 Å². The third kappa shape index (κ3) is 2.86. The highest BCUT2D eigenvalue weighted by Gasteiger charge is 2.30. The Morgan fingerprint density at radius 1 is 1.17 bits per heavy atom. The second-order valence-electron chi connectivity index (χ2n) is 6.38. The minimum Gasteiger partial charge on any atom is -0.365 e. The summed E-state index contributed by atoms with van der Waals surface area (Å²) in [5.41, 5.74) is 4.25. The monoisotopic (exact) mass is 246 g/mol. The van der Waals surface area contributed by atoms with Crippen LogP contribution in [-0.2, 0) is 0 Å². The van der Waals surface area contributed by atoms with Crippen molar-refractivity contribution in [2.75, 3.05) is 18.0 Å². The van der Waals surface area contributed by atoms with Crippen LogP contribution in [0.2, 0.25) is 0 Å². The number of nitrogens with zero attached hydrogens (tertiary/aromatic N) is 1. The van der Waals surface area contributed by atoms with E-state index in [1.807, 2.05) is 0 Å². The minimum absolute atomic E-state index is 0.172. The van der Waals surface area contributed by atoms with Crippen molar-refractivity contribution in [3.63, 3.8) is 0 Å². The number of anilines is 1. The highest BCUT2D eigenvalue weighted by atomic mass is 15.2. The molecule has 1 unspecified atom stereocenters. The molecule has 0 aromatic heterocycles. The number of hydrogen-bond donors (Lipinski definition) is 1. The Bertz CT molecular complexity index is 403. The van der Waals surface area contributed by atoms with Gasteiger partial charge in [-0.15, -0.1) is 0 Å². The SMILES string of the molecule is Cc1cc(C)cc(N2CCC(C)NCC2(C)C)c1. The summed E-state index contributed by atoms with van der Waals surface area (Å²) in [4.78, 5) is 2.56. The van der Waals surface area contributed by atoms with Crippen LogP contribution in [0.3, 0.4) is 0 Å². The van der Waals surface area contributed by atoms with Crippen LogP contribution in [0.15, 0.2) is 18.2 Å². The molecule has 18 heavy (non-hydrogen) atoms. The molecule has 1 aliphatic heterocycles. The van der Waals surface area contributed by atoms with E-state index in [1.165, 1.54) is 23.2 Å². The number of hydrogen-bond acceptors (Lipinski definition) is 2. The minimum atomic E-state index is 0.172. The molecule has 0 spiro atoms.